The fraction of sp³-hybridized carbons (Fsp3) is 0.0526. The van der Waals surface area contributed by atoms with E-state index < -0.39 is 10.0 Å². The molecule has 0 aliphatic rings. The van der Waals surface area contributed by atoms with Gasteiger partial charge in [-0.2, -0.15) is 0 Å². The summed E-state index contributed by atoms with van der Waals surface area (Å²) in [4.78, 5) is 8.42. The maximum Gasteiger partial charge on any atom is 0.254 e. The van der Waals surface area contributed by atoms with Crippen molar-refractivity contribution in [1.82, 2.24) is 9.97 Å². The highest BCUT2D eigenvalue weighted by molar-refractivity contribution is 7.95. The number of hydrogen-bond donors (Lipinski definition) is 3. The van der Waals surface area contributed by atoms with Gasteiger partial charge >= 0.3 is 0 Å². The van der Waals surface area contributed by atoms with E-state index in [1.165, 1.54) is 6.33 Å². The van der Waals surface area contributed by atoms with Gasteiger partial charge in [0.2, 0.25) is 0 Å². The van der Waals surface area contributed by atoms with Crippen molar-refractivity contribution in [2.24, 2.45) is 0 Å². The first-order valence-corrected chi connectivity index (χ1v) is 9.66. The van der Waals surface area contributed by atoms with Crippen molar-refractivity contribution < 1.29 is 8.42 Å². The Morgan fingerprint density at radius 2 is 1.48 bits per heavy atom. The molecule has 0 aliphatic heterocycles. The van der Waals surface area contributed by atoms with Crippen LogP contribution in [-0.4, -0.2) is 18.4 Å². The molecule has 27 heavy (non-hydrogen) atoms. The fourth-order valence-electron chi connectivity index (χ4n) is 2.38. The number of nitrogens with zero attached hydrogens (tertiary/aromatic N) is 2. The first-order valence-electron chi connectivity index (χ1n) is 8.12. The molecular weight excluding hydrogens is 362 g/mol. The molecular formula is C19H19N5O2S. The van der Waals surface area contributed by atoms with Crippen molar-refractivity contribution in [3.8, 4) is 0 Å². The molecule has 0 bridgehead atoms. The zero-order valence-electron chi connectivity index (χ0n) is 14.7. The first-order chi connectivity index (χ1) is 12.9. The summed E-state index contributed by atoms with van der Waals surface area (Å²) in [7, 11) is -3.56. The van der Waals surface area contributed by atoms with Crippen LogP contribution >= 0.6 is 0 Å². The topological polar surface area (TPSA) is 96.0 Å². The highest BCUT2D eigenvalue weighted by Crippen LogP contribution is 2.22. The van der Waals surface area contributed by atoms with Gasteiger partial charge in [-0.1, -0.05) is 24.8 Å². The lowest BCUT2D eigenvalue weighted by molar-refractivity contribution is 0.609. The van der Waals surface area contributed by atoms with Gasteiger partial charge in [0.05, 0.1) is 5.69 Å². The van der Waals surface area contributed by atoms with Crippen molar-refractivity contribution in [1.29, 1.82) is 0 Å². The Kier molecular flexibility index (Phi) is 5.37. The van der Waals surface area contributed by atoms with Gasteiger partial charge in [0, 0.05) is 22.8 Å². The molecule has 138 valence electrons. The summed E-state index contributed by atoms with van der Waals surface area (Å²) >= 11 is 0. The molecule has 0 fully saturated rings. The SMILES string of the molecule is C=CS(=O)(=O)Nc1cccc(Nc2cc(Nc3cccc(C)c3)ncn2)c1. The molecule has 0 amide bonds. The van der Waals surface area contributed by atoms with Gasteiger partial charge in [0.1, 0.15) is 18.0 Å². The Morgan fingerprint density at radius 1 is 0.889 bits per heavy atom. The van der Waals surface area contributed by atoms with Crippen LogP contribution in [0, 0.1) is 6.92 Å². The van der Waals surface area contributed by atoms with Crippen LogP contribution in [0.3, 0.4) is 0 Å². The zero-order valence-corrected chi connectivity index (χ0v) is 15.5. The van der Waals surface area contributed by atoms with Crippen molar-refractivity contribution in [3.05, 3.63) is 78.5 Å². The highest BCUT2D eigenvalue weighted by atomic mass is 32.2. The van der Waals surface area contributed by atoms with Crippen molar-refractivity contribution in [3.63, 3.8) is 0 Å². The lowest BCUT2D eigenvalue weighted by atomic mass is 10.2. The quantitative estimate of drug-likeness (QED) is 0.569. The molecule has 3 aromatic rings. The van der Waals surface area contributed by atoms with Crippen LogP contribution in [0.5, 0.6) is 0 Å². The number of anilines is 5. The molecule has 3 rings (SSSR count). The Morgan fingerprint density at radius 3 is 2.11 bits per heavy atom. The maximum atomic E-state index is 11.6. The van der Waals surface area contributed by atoms with E-state index in [0.29, 0.717) is 23.0 Å². The number of benzene rings is 2. The number of hydrogen-bond acceptors (Lipinski definition) is 6. The van der Waals surface area contributed by atoms with E-state index in [0.717, 1.165) is 16.7 Å². The molecule has 1 heterocycles. The van der Waals surface area contributed by atoms with Gasteiger partial charge in [-0.25, -0.2) is 18.4 Å². The van der Waals surface area contributed by atoms with Crippen molar-refractivity contribution in [2.45, 2.75) is 6.92 Å². The van der Waals surface area contributed by atoms with Crippen LogP contribution in [0.15, 0.2) is 72.9 Å². The number of aromatic nitrogens is 2. The standard InChI is InChI=1S/C19H19N5O2S/c1-3-27(25,26)24-17-9-5-8-16(11-17)23-19-12-18(20-13-21-19)22-15-7-4-6-14(2)10-15/h3-13,24H,1H2,2H3,(H2,20,21,22,23). The Bertz CT molecular complexity index is 1070. The number of nitrogens with one attached hydrogen (secondary N) is 3. The summed E-state index contributed by atoms with van der Waals surface area (Å²) < 4.78 is 25.6. The van der Waals surface area contributed by atoms with Crippen LogP contribution in [0.4, 0.5) is 28.7 Å². The minimum atomic E-state index is -3.56. The summed E-state index contributed by atoms with van der Waals surface area (Å²) in [5, 5.41) is 7.22. The largest absolute Gasteiger partial charge is 0.340 e. The first kappa shape index (κ1) is 18.4. The van der Waals surface area contributed by atoms with Gasteiger partial charge in [-0.3, -0.25) is 4.72 Å². The van der Waals surface area contributed by atoms with Crippen LogP contribution in [0.1, 0.15) is 5.56 Å². The molecule has 3 N–H and O–H groups in total. The second-order valence-corrected chi connectivity index (χ2v) is 7.43. The lowest BCUT2D eigenvalue weighted by Crippen LogP contribution is -2.08. The average molecular weight is 381 g/mol. The minimum absolute atomic E-state index is 0.423. The molecule has 0 unspecified atom stereocenters. The molecule has 0 spiro atoms. The maximum absolute atomic E-state index is 11.6. The van der Waals surface area contributed by atoms with Crippen LogP contribution < -0.4 is 15.4 Å². The van der Waals surface area contributed by atoms with Gasteiger partial charge in [0.25, 0.3) is 10.0 Å². The van der Waals surface area contributed by atoms with E-state index in [1.54, 1.807) is 24.3 Å². The predicted molar refractivity (Wildman–Crippen MR) is 109 cm³/mol. The summed E-state index contributed by atoms with van der Waals surface area (Å²) in [6.07, 6.45) is 1.45. The molecule has 0 atom stereocenters. The van der Waals surface area contributed by atoms with Gasteiger partial charge in [-0.05, 0) is 42.8 Å². The van der Waals surface area contributed by atoms with Crippen molar-refractivity contribution in [2.75, 3.05) is 15.4 Å². The third kappa shape index (κ3) is 5.29. The van der Waals surface area contributed by atoms with E-state index in [2.05, 4.69) is 31.9 Å². The molecule has 2 aromatic carbocycles. The van der Waals surface area contributed by atoms with E-state index in [9.17, 15) is 8.42 Å². The Balaban J connectivity index is 1.75. The fourth-order valence-corrected chi connectivity index (χ4v) is 2.92. The van der Waals surface area contributed by atoms with Gasteiger partial charge in [0.15, 0.2) is 0 Å². The third-order valence-electron chi connectivity index (χ3n) is 3.57. The number of sulfonamides is 1. The Hall–Kier alpha value is -3.39. The van der Waals surface area contributed by atoms with Crippen LogP contribution in [0.2, 0.25) is 0 Å². The molecule has 1 aromatic heterocycles. The minimum Gasteiger partial charge on any atom is -0.340 e. The Labute approximate surface area is 158 Å². The molecule has 0 saturated heterocycles. The summed E-state index contributed by atoms with van der Waals surface area (Å²) in [5.74, 6) is 1.21. The average Bonchev–Trinajstić information content (AvgIpc) is 2.62. The third-order valence-corrected chi connectivity index (χ3v) is 4.53. The van der Waals surface area contributed by atoms with Gasteiger partial charge < -0.3 is 10.6 Å². The van der Waals surface area contributed by atoms with Crippen LogP contribution in [0.25, 0.3) is 0 Å². The van der Waals surface area contributed by atoms with Crippen molar-refractivity contribution >= 4 is 38.7 Å². The lowest BCUT2D eigenvalue weighted by Gasteiger charge is -2.10. The molecule has 8 heteroatoms. The summed E-state index contributed by atoms with van der Waals surface area (Å²) in [5.41, 5.74) is 3.18. The van der Waals surface area contributed by atoms with Gasteiger partial charge in [-0.15, -0.1) is 0 Å². The van der Waals surface area contributed by atoms with Crippen LogP contribution in [-0.2, 0) is 10.0 Å². The normalized spacial score (nSPS) is 10.9. The zero-order chi connectivity index (χ0) is 19.3. The summed E-state index contributed by atoms with van der Waals surface area (Å²) in [6.45, 7) is 5.30. The van der Waals surface area contributed by atoms with E-state index in [4.69, 9.17) is 0 Å². The predicted octanol–water partition coefficient (Wildman–Crippen LogP) is 4.16. The molecule has 0 saturated carbocycles. The monoisotopic (exact) mass is 381 g/mol. The second-order valence-electron chi connectivity index (χ2n) is 5.80. The molecule has 7 nitrogen and oxygen atoms in total. The van der Waals surface area contributed by atoms with E-state index in [1.807, 2.05) is 37.3 Å². The number of aryl methyl sites for hydroxylation is 1. The molecule has 0 aliphatic carbocycles. The molecule has 0 radical (unpaired) electrons. The van der Waals surface area contributed by atoms with E-state index >= 15 is 0 Å². The highest BCUT2D eigenvalue weighted by Gasteiger charge is 2.06. The van der Waals surface area contributed by atoms with E-state index in [-0.39, 0.29) is 0 Å². The summed E-state index contributed by atoms with van der Waals surface area (Å²) in [6, 6.07) is 16.6. The second kappa shape index (κ2) is 7.88. The number of rotatable bonds is 7. The smallest absolute Gasteiger partial charge is 0.254 e.